The van der Waals surface area contributed by atoms with Crippen LogP contribution in [0, 0.1) is 6.92 Å². The van der Waals surface area contributed by atoms with Crippen molar-refractivity contribution in [2.45, 2.75) is 13.5 Å². The van der Waals surface area contributed by atoms with Crippen LogP contribution in [-0.4, -0.2) is 63.1 Å². The summed E-state index contributed by atoms with van der Waals surface area (Å²) in [5, 5.41) is 6.32. The van der Waals surface area contributed by atoms with Crippen LogP contribution in [0.25, 0.3) is 0 Å². The minimum Gasteiger partial charge on any atom is -0.496 e. The van der Waals surface area contributed by atoms with Crippen molar-refractivity contribution in [1.82, 2.24) is 15.5 Å². The molecule has 24 heavy (non-hydrogen) atoms. The number of carbonyl (C=O) groups is 1. The lowest BCUT2D eigenvalue weighted by Crippen LogP contribution is -2.43. The number of amides is 1. The van der Waals surface area contributed by atoms with Crippen LogP contribution in [0.2, 0.25) is 0 Å². The van der Waals surface area contributed by atoms with Crippen molar-refractivity contribution in [2.24, 2.45) is 4.99 Å². The molecule has 0 aromatic heterocycles. The molecular weight excluding hydrogens is 324 g/mol. The second kappa shape index (κ2) is 10.8. The Morgan fingerprint density at radius 1 is 1.33 bits per heavy atom. The fourth-order valence-corrected chi connectivity index (χ4v) is 2.22. The van der Waals surface area contributed by atoms with Crippen molar-refractivity contribution in [3.8, 4) is 5.75 Å². The molecule has 0 unspecified atom stereocenters. The van der Waals surface area contributed by atoms with E-state index < -0.39 is 0 Å². The Labute approximate surface area is 149 Å². The Morgan fingerprint density at radius 3 is 2.71 bits per heavy atom. The van der Waals surface area contributed by atoms with E-state index in [0.717, 1.165) is 29.2 Å². The molecule has 0 aliphatic carbocycles. The first-order valence-electron chi connectivity index (χ1n) is 7.82. The van der Waals surface area contributed by atoms with E-state index in [0.29, 0.717) is 12.5 Å². The third-order valence-corrected chi connectivity index (χ3v) is 3.97. The predicted molar refractivity (Wildman–Crippen MR) is 102 cm³/mol. The van der Waals surface area contributed by atoms with Crippen molar-refractivity contribution in [3.05, 3.63) is 29.3 Å². The highest BCUT2D eigenvalue weighted by molar-refractivity contribution is 7.98. The molecule has 1 rings (SSSR count). The number of nitrogens with one attached hydrogen (secondary N) is 2. The maximum absolute atomic E-state index is 11.7. The van der Waals surface area contributed by atoms with Crippen molar-refractivity contribution in [2.75, 3.05) is 46.3 Å². The van der Waals surface area contributed by atoms with E-state index in [1.54, 1.807) is 37.9 Å². The molecule has 0 fully saturated rings. The first-order chi connectivity index (χ1) is 11.5. The molecular formula is C17H28N4O2S. The fourth-order valence-electron chi connectivity index (χ4n) is 1.91. The third-order valence-electron chi connectivity index (χ3n) is 3.35. The molecule has 0 saturated heterocycles. The van der Waals surface area contributed by atoms with Crippen molar-refractivity contribution in [3.63, 3.8) is 0 Å². The minimum absolute atomic E-state index is 0.00211. The third kappa shape index (κ3) is 7.12. The summed E-state index contributed by atoms with van der Waals surface area (Å²) in [6, 6.07) is 6.05. The highest BCUT2D eigenvalue weighted by Crippen LogP contribution is 2.20. The second-order valence-electron chi connectivity index (χ2n) is 5.54. The summed E-state index contributed by atoms with van der Waals surface area (Å²) in [7, 11) is 5.13. The molecule has 0 spiro atoms. The maximum atomic E-state index is 11.7. The van der Waals surface area contributed by atoms with Gasteiger partial charge in [0.05, 0.1) is 20.2 Å². The Balaban J connectivity index is 2.77. The van der Waals surface area contributed by atoms with Gasteiger partial charge in [0.25, 0.3) is 0 Å². The van der Waals surface area contributed by atoms with Crippen molar-refractivity contribution < 1.29 is 9.53 Å². The van der Waals surface area contributed by atoms with Crippen molar-refractivity contribution >= 4 is 23.6 Å². The molecule has 6 nitrogen and oxygen atoms in total. The molecule has 0 atom stereocenters. The van der Waals surface area contributed by atoms with E-state index >= 15 is 0 Å². The predicted octanol–water partition coefficient (Wildman–Crippen LogP) is 1.49. The number of rotatable bonds is 8. The lowest BCUT2D eigenvalue weighted by molar-refractivity contribution is -0.127. The van der Waals surface area contributed by atoms with Crippen LogP contribution < -0.4 is 15.4 Å². The van der Waals surface area contributed by atoms with E-state index in [1.165, 1.54) is 0 Å². The standard InChI is InChI=1S/C17H28N4O2S/c1-13-6-7-14(15(10-13)23-4)11-19-17(18-8-9-24-5)20-12-16(22)21(2)3/h6-7,10H,8-9,11-12H2,1-5H3,(H2,18,19,20). The van der Waals surface area contributed by atoms with Gasteiger partial charge in [-0.05, 0) is 24.8 Å². The van der Waals surface area contributed by atoms with E-state index in [1.807, 2.05) is 25.1 Å². The van der Waals surface area contributed by atoms with E-state index in [4.69, 9.17) is 4.74 Å². The number of nitrogens with zero attached hydrogens (tertiary/aromatic N) is 2. The molecule has 0 aliphatic heterocycles. The average molecular weight is 353 g/mol. The lowest BCUT2D eigenvalue weighted by atomic mass is 10.1. The molecule has 1 aromatic carbocycles. The summed E-state index contributed by atoms with van der Waals surface area (Å²) >= 11 is 1.75. The summed E-state index contributed by atoms with van der Waals surface area (Å²) in [5.41, 5.74) is 2.15. The van der Waals surface area contributed by atoms with Gasteiger partial charge in [0.1, 0.15) is 5.75 Å². The van der Waals surface area contributed by atoms with Crippen LogP contribution in [-0.2, 0) is 11.3 Å². The zero-order chi connectivity index (χ0) is 17.9. The number of hydrogen-bond donors (Lipinski definition) is 2. The van der Waals surface area contributed by atoms with Crippen LogP contribution in [0.1, 0.15) is 11.1 Å². The molecule has 1 amide bonds. The Hall–Kier alpha value is -1.89. The molecule has 0 bridgehead atoms. The first-order valence-corrected chi connectivity index (χ1v) is 9.22. The van der Waals surface area contributed by atoms with Gasteiger partial charge in [-0.15, -0.1) is 0 Å². The normalized spacial score (nSPS) is 11.1. The van der Waals surface area contributed by atoms with Gasteiger partial charge in [-0.25, -0.2) is 4.99 Å². The van der Waals surface area contributed by atoms with Crippen LogP contribution >= 0.6 is 11.8 Å². The Bertz CT molecular complexity index is 562. The molecule has 2 N–H and O–H groups in total. The molecule has 0 aliphatic rings. The van der Waals surface area contributed by atoms with Gasteiger partial charge in [-0.3, -0.25) is 4.79 Å². The van der Waals surface area contributed by atoms with Gasteiger partial charge in [-0.2, -0.15) is 11.8 Å². The summed E-state index contributed by atoms with van der Waals surface area (Å²) in [4.78, 5) is 17.9. The van der Waals surface area contributed by atoms with Crippen molar-refractivity contribution in [1.29, 1.82) is 0 Å². The number of ether oxygens (including phenoxy) is 1. The summed E-state index contributed by atoms with van der Waals surface area (Å²) in [6.07, 6.45) is 2.05. The second-order valence-corrected chi connectivity index (χ2v) is 6.53. The molecule has 7 heteroatoms. The summed E-state index contributed by atoms with van der Waals surface area (Å²) in [5.74, 6) is 2.42. The SMILES string of the molecule is COc1cc(C)ccc1CN=C(NCCSC)NCC(=O)N(C)C. The number of aliphatic imine (C=N–C) groups is 1. The van der Waals surface area contributed by atoms with Gasteiger partial charge in [0, 0.05) is 32.0 Å². The van der Waals surface area contributed by atoms with Crippen LogP contribution in [0.15, 0.2) is 23.2 Å². The number of likely N-dealkylation sites (N-methyl/N-ethyl adjacent to an activating group) is 1. The van der Waals surface area contributed by atoms with E-state index in [9.17, 15) is 4.79 Å². The van der Waals surface area contributed by atoms with Gasteiger partial charge < -0.3 is 20.3 Å². The van der Waals surface area contributed by atoms with Crippen LogP contribution in [0.3, 0.4) is 0 Å². The molecule has 1 aromatic rings. The zero-order valence-corrected chi connectivity index (χ0v) is 16.0. The fraction of sp³-hybridized carbons (Fsp3) is 0.529. The number of benzene rings is 1. The smallest absolute Gasteiger partial charge is 0.241 e. The van der Waals surface area contributed by atoms with E-state index in [2.05, 4.69) is 21.9 Å². The Kier molecular flexibility index (Phi) is 9.07. The topological polar surface area (TPSA) is 66.0 Å². The largest absolute Gasteiger partial charge is 0.496 e. The molecule has 134 valence electrons. The van der Waals surface area contributed by atoms with Crippen LogP contribution in [0.5, 0.6) is 5.75 Å². The number of aryl methyl sites for hydroxylation is 1. The number of methoxy groups -OCH3 is 1. The minimum atomic E-state index is 0.00211. The molecule has 0 saturated carbocycles. The highest BCUT2D eigenvalue weighted by Gasteiger charge is 2.07. The quantitative estimate of drug-likeness (QED) is 0.422. The monoisotopic (exact) mass is 352 g/mol. The van der Waals surface area contributed by atoms with Gasteiger partial charge in [0.15, 0.2) is 5.96 Å². The zero-order valence-electron chi connectivity index (χ0n) is 15.2. The Morgan fingerprint density at radius 2 is 2.08 bits per heavy atom. The number of hydrogen-bond acceptors (Lipinski definition) is 4. The van der Waals surface area contributed by atoms with Gasteiger partial charge in [-0.1, -0.05) is 12.1 Å². The summed E-state index contributed by atoms with van der Waals surface area (Å²) < 4.78 is 5.41. The summed E-state index contributed by atoms with van der Waals surface area (Å²) in [6.45, 7) is 3.50. The number of carbonyl (C=O) groups excluding carboxylic acids is 1. The van der Waals surface area contributed by atoms with E-state index in [-0.39, 0.29) is 12.5 Å². The number of thioether (sulfide) groups is 1. The maximum Gasteiger partial charge on any atom is 0.241 e. The van der Waals surface area contributed by atoms with Gasteiger partial charge in [0.2, 0.25) is 5.91 Å². The molecule has 0 radical (unpaired) electrons. The lowest BCUT2D eigenvalue weighted by Gasteiger charge is -2.15. The molecule has 0 heterocycles. The highest BCUT2D eigenvalue weighted by atomic mass is 32.2. The number of guanidine groups is 1. The van der Waals surface area contributed by atoms with Crippen LogP contribution in [0.4, 0.5) is 0 Å². The van der Waals surface area contributed by atoms with Gasteiger partial charge >= 0.3 is 0 Å². The average Bonchev–Trinajstić information content (AvgIpc) is 2.57. The first kappa shape index (κ1) is 20.2.